The Hall–Kier alpha value is -1.97. The van der Waals surface area contributed by atoms with Gasteiger partial charge in [-0.2, -0.15) is 0 Å². The Morgan fingerprint density at radius 2 is 1.69 bits per heavy atom. The smallest absolute Gasteiger partial charge is 0.253 e. The molecule has 0 aliphatic carbocycles. The van der Waals surface area contributed by atoms with E-state index in [0.29, 0.717) is 51.3 Å². The number of nitrogens with one attached hydrogen (secondary N) is 2. The van der Waals surface area contributed by atoms with Gasteiger partial charge in [0.1, 0.15) is 0 Å². The number of carbonyl (C=O) groups is 2. The van der Waals surface area contributed by atoms with Gasteiger partial charge in [0.2, 0.25) is 15.9 Å². The first-order valence-electron chi connectivity index (χ1n) is 10.2. The first-order chi connectivity index (χ1) is 13.8. The molecule has 2 rings (SSSR count). The second kappa shape index (κ2) is 10.7. The lowest BCUT2D eigenvalue weighted by atomic mass is 10.2. The fraction of sp³-hybridized carbons (Fsp3) is 0.600. The van der Waals surface area contributed by atoms with Crippen LogP contribution in [0.4, 0.5) is 0 Å². The second-order valence-corrected chi connectivity index (χ2v) is 9.09. The molecule has 1 aromatic carbocycles. The zero-order valence-corrected chi connectivity index (χ0v) is 18.3. The summed E-state index contributed by atoms with van der Waals surface area (Å²) in [7, 11) is -3.58. The molecule has 2 amide bonds. The minimum absolute atomic E-state index is 0.00873. The van der Waals surface area contributed by atoms with Crippen LogP contribution in [0.1, 0.15) is 44.0 Å². The summed E-state index contributed by atoms with van der Waals surface area (Å²) in [6, 6.07) is 5.89. The number of nitrogens with zero attached hydrogens (tertiary/aromatic N) is 2. The van der Waals surface area contributed by atoms with Crippen molar-refractivity contribution in [3.63, 3.8) is 0 Å². The van der Waals surface area contributed by atoms with Crippen LogP contribution in [0.5, 0.6) is 0 Å². The quantitative estimate of drug-likeness (QED) is 0.617. The fourth-order valence-electron chi connectivity index (χ4n) is 3.01. The third kappa shape index (κ3) is 6.80. The average molecular weight is 425 g/mol. The van der Waals surface area contributed by atoms with Gasteiger partial charge < -0.3 is 10.2 Å². The van der Waals surface area contributed by atoms with Gasteiger partial charge in [-0.05, 0) is 44.0 Å². The number of amides is 2. The molecule has 0 bridgehead atoms. The lowest BCUT2D eigenvalue weighted by molar-refractivity contribution is -0.122. The molecule has 0 saturated carbocycles. The molecule has 1 fully saturated rings. The normalized spacial score (nSPS) is 16.4. The van der Waals surface area contributed by atoms with Crippen LogP contribution >= 0.6 is 0 Å². The maximum absolute atomic E-state index is 12.7. The summed E-state index contributed by atoms with van der Waals surface area (Å²) < 4.78 is 27.3. The molecule has 0 aromatic heterocycles. The topological polar surface area (TPSA) is 98.8 Å². The van der Waals surface area contributed by atoms with Crippen molar-refractivity contribution in [1.82, 2.24) is 19.8 Å². The summed E-state index contributed by atoms with van der Waals surface area (Å²) in [5.41, 5.74) is 0.460. The summed E-state index contributed by atoms with van der Waals surface area (Å²) in [5, 5.41) is 2.86. The van der Waals surface area contributed by atoms with Crippen LogP contribution in [0.3, 0.4) is 0 Å². The molecule has 0 radical (unpaired) electrons. The van der Waals surface area contributed by atoms with Crippen LogP contribution in [0, 0.1) is 0 Å². The highest BCUT2D eigenvalue weighted by atomic mass is 32.2. The summed E-state index contributed by atoms with van der Waals surface area (Å²) in [6.45, 7) is 9.09. The van der Waals surface area contributed by atoms with E-state index < -0.39 is 10.0 Å². The predicted molar refractivity (Wildman–Crippen MR) is 112 cm³/mol. The van der Waals surface area contributed by atoms with E-state index in [2.05, 4.69) is 10.0 Å². The Kier molecular flexibility index (Phi) is 8.60. The SMILES string of the molecule is CCCNC(=O)CN1CCN(C(=O)c2ccc(S(=O)(=O)NC(C)CC)cc2)CC1. The first kappa shape index (κ1) is 23.3. The Morgan fingerprint density at radius 1 is 1.07 bits per heavy atom. The van der Waals surface area contributed by atoms with Crippen LogP contribution in [0.15, 0.2) is 29.2 Å². The third-order valence-corrected chi connectivity index (χ3v) is 6.58. The summed E-state index contributed by atoms with van der Waals surface area (Å²) in [4.78, 5) is 28.5. The molecule has 1 unspecified atom stereocenters. The number of hydrogen-bond donors (Lipinski definition) is 2. The Bertz CT molecular complexity index is 787. The first-order valence-corrected chi connectivity index (χ1v) is 11.7. The van der Waals surface area contributed by atoms with Crippen molar-refractivity contribution in [2.45, 2.75) is 44.6 Å². The van der Waals surface area contributed by atoms with Gasteiger partial charge in [-0.15, -0.1) is 0 Å². The van der Waals surface area contributed by atoms with Gasteiger partial charge in [-0.1, -0.05) is 13.8 Å². The lowest BCUT2D eigenvalue weighted by Crippen LogP contribution is -2.51. The van der Waals surface area contributed by atoms with Gasteiger partial charge in [-0.3, -0.25) is 14.5 Å². The van der Waals surface area contributed by atoms with Crippen molar-refractivity contribution in [1.29, 1.82) is 0 Å². The zero-order chi connectivity index (χ0) is 21.4. The molecule has 9 heteroatoms. The van der Waals surface area contributed by atoms with Gasteiger partial charge in [0.15, 0.2) is 0 Å². The second-order valence-electron chi connectivity index (χ2n) is 7.37. The molecule has 1 saturated heterocycles. The molecular weight excluding hydrogens is 392 g/mol. The van der Waals surface area contributed by atoms with Crippen LogP contribution in [0.25, 0.3) is 0 Å². The van der Waals surface area contributed by atoms with E-state index in [0.717, 1.165) is 6.42 Å². The van der Waals surface area contributed by atoms with E-state index in [-0.39, 0.29) is 22.8 Å². The van der Waals surface area contributed by atoms with Gasteiger partial charge in [-0.25, -0.2) is 13.1 Å². The third-order valence-electron chi connectivity index (χ3n) is 4.98. The summed E-state index contributed by atoms with van der Waals surface area (Å²) >= 11 is 0. The van der Waals surface area contributed by atoms with E-state index >= 15 is 0 Å². The van der Waals surface area contributed by atoms with Gasteiger partial charge >= 0.3 is 0 Å². The number of sulfonamides is 1. The van der Waals surface area contributed by atoms with Crippen molar-refractivity contribution < 1.29 is 18.0 Å². The summed E-state index contributed by atoms with van der Waals surface area (Å²) in [5.74, 6) is -0.117. The van der Waals surface area contributed by atoms with E-state index in [9.17, 15) is 18.0 Å². The van der Waals surface area contributed by atoms with Crippen molar-refractivity contribution in [2.24, 2.45) is 0 Å². The van der Waals surface area contributed by atoms with Crippen LogP contribution in [-0.2, 0) is 14.8 Å². The highest BCUT2D eigenvalue weighted by Gasteiger charge is 2.24. The Morgan fingerprint density at radius 3 is 2.24 bits per heavy atom. The van der Waals surface area contributed by atoms with Crippen molar-refractivity contribution in [3.05, 3.63) is 29.8 Å². The molecule has 2 N–H and O–H groups in total. The molecule has 1 aliphatic rings. The fourth-order valence-corrected chi connectivity index (χ4v) is 4.33. The highest BCUT2D eigenvalue weighted by molar-refractivity contribution is 7.89. The van der Waals surface area contributed by atoms with E-state index in [4.69, 9.17) is 0 Å². The molecule has 1 aliphatic heterocycles. The number of rotatable bonds is 9. The van der Waals surface area contributed by atoms with Crippen molar-refractivity contribution in [2.75, 3.05) is 39.3 Å². The maximum Gasteiger partial charge on any atom is 0.253 e. The summed E-state index contributed by atoms with van der Waals surface area (Å²) in [6.07, 6.45) is 1.60. The molecule has 0 spiro atoms. The molecule has 8 nitrogen and oxygen atoms in total. The average Bonchev–Trinajstić information content (AvgIpc) is 2.72. The predicted octanol–water partition coefficient (Wildman–Crippen LogP) is 1.05. The minimum Gasteiger partial charge on any atom is -0.355 e. The molecule has 162 valence electrons. The van der Waals surface area contributed by atoms with E-state index in [1.165, 1.54) is 12.1 Å². The van der Waals surface area contributed by atoms with Crippen LogP contribution in [-0.4, -0.2) is 75.3 Å². The minimum atomic E-state index is -3.58. The largest absolute Gasteiger partial charge is 0.355 e. The van der Waals surface area contributed by atoms with Crippen molar-refractivity contribution >= 4 is 21.8 Å². The zero-order valence-electron chi connectivity index (χ0n) is 17.5. The van der Waals surface area contributed by atoms with E-state index in [1.54, 1.807) is 17.0 Å². The maximum atomic E-state index is 12.7. The number of hydrogen-bond acceptors (Lipinski definition) is 5. The number of carbonyl (C=O) groups excluding carboxylic acids is 2. The standard InChI is InChI=1S/C20H32N4O4S/c1-4-10-21-19(25)15-23-11-13-24(14-12-23)20(26)17-6-8-18(9-7-17)29(27,28)22-16(3)5-2/h6-9,16,22H,4-5,10-15H2,1-3H3,(H,21,25). The molecule has 29 heavy (non-hydrogen) atoms. The molecule has 1 aromatic rings. The van der Waals surface area contributed by atoms with Crippen molar-refractivity contribution in [3.8, 4) is 0 Å². The highest BCUT2D eigenvalue weighted by Crippen LogP contribution is 2.14. The molecular formula is C20H32N4O4S. The lowest BCUT2D eigenvalue weighted by Gasteiger charge is -2.34. The van der Waals surface area contributed by atoms with Crippen LogP contribution < -0.4 is 10.0 Å². The molecule has 1 heterocycles. The number of benzene rings is 1. The number of piperazine rings is 1. The molecule has 1 atom stereocenters. The van der Waals surface area contributed by atoms with E-state index in [1.807, 2.05) is 25.7 Å². The van der Waals surface area contributed by atoms with Gasteiger partial charge in [0.05, 0.1) is 11.4 Å². The Balaban J connectivity index is 1.91. The van der Waals surface area contributed by atoms with Crippen LogP contribution in [0.2, 0.25) is 0 Å². The Labute approximate surface area is 173 Å². The van der Waals surface area contributed by atoms with Gasteiger partial charge in [0, 0.05) is 44.3 Å². The monoisotopic (exact) mass is 424 g/mol. The van der Waals surface area contributed by atoms with Gasteiger partial charge in [0.25, 0.3) is 5.91 Å².